The van der Waals surface area contributed by atoms with Crippen LogP contribution in [0.1, 0.15) is 29.8 Å². The van der Waals surface area contributed by atoms with Crippen LogP contribution in [0, 0.1) is 5.82 Å². The van der Waals surface area contributed by atoms with Crippen molar-refractivity contribution in [2.45, 2.75) is 32.5 Å². The maximum Gasteiger partial charge on any atom is 0.260 e. The number of benzene rings is 2. The Bertz CT molecular complexity index is 922. The number of halogens is 1. The Labute approximate surface area is 187 Å². The van der Waals surface area contributed by atoms with Gasteiger partial charge in [-0.3, -0.25) is 14.5 Å². The fourth-order valence-electron chi connectivity index (χ4n) is 3.86. The quantitative estimate of drug-likeness (QED) is 0.653. The second kappa shape index (κ2) is 11.1. The van der Waals surface area contributed by atoms with Gasteiger partial charge in [-0.1, -0.05) is 24.3 Å². The maximum absolute atomic E-state index is 13.2. The number of aliphatic hydroxyl groups is 1. The number of aliphatic hydroxyl groups excluding tert-OH is 1. The summed E-state index contributed by atoms with van der Waals surface area (Å²) in [6.07, 6.45) is 0. The molecule has 32 heavy (non-hydrogen) atoms. The van der Waals surface area contributed by atoms with Gasteiger partial charge in [-0.15, -0.1) is 0 Å². The molecule has 0 radical (unpaired) electrons. The van der Waals surface area contributed by atoms with E-state index in [-0.39, 0.29) is 49.5 Å². The molecule has 0 unspecified atom stereocenters. The summed E-state index contributed by atoms with van der Waals surface area (Å²) < 4.78 is 18.9. The van der Waals surface area contributed by atoms with E-state index in [0.29, 0.717) is 30.9 Å². The molecule has 172 valence electrons. The molecular formula is C24H30FN3O4. The van der Waals surface area contributed by atoms with Crippen LogP contribution in [0.2, 0.25) is 0 Å². The Kier molecular flexibility index (Phi) is 8.19. The van der Waals surface area contributed by atoms with Crippen molar-refractivity contribution in [3.05, 3.63) is 65.5 Å². The van der Waals surface area contributed by atoms with Crippen LogP contribution in [0.15, 0.2) is 48.5 Å². The van der Waals surface area contributed by atoms with Gasteiger partial charge in [-0.05, 0) is 43.7 Å². The summed E-state index contributed by atoms with van der Waals surface area (Å²) in [6.45, 7) is 5.84. The summed E-state index contributed by atoms with van der Waals surface area (Å²) in [6, 6.07) is 13.3. The van der Waals surface area contributed by atoms with E-state index in [1.54, 1.807) is 41.3 Å². The van der Waals surface area contributed by atoms with Gasteiger partial charge in [-0.2, -0.15) is 0 Å². The second-order valence-corrected chi connectivity index (χ2v) is 8.06. The molecule has 0 spiro atoms. The first kappa shape index (κ1) is 23.7. The minimum Gasteiger partial charge on any atom is -0.483 e. The van der Waals surface area contributed by atoms with Gasteiger partial charge in [0.2, 0.25) is 0 Å². The van der Waals surface area contributed by atoms with Crippen LogP contribution < -0.4 is 10.1 Å². The molecule has 1 aliphatic heterocycles. The number of nitrogens with one attached hydrogen (secondary N) is 1. The Balaban J connectivity index is 1.57. The Hall–Kier alpha value is -2.97. The number of hydrogen-bond donors (Lipinski definition) is 2. The van der Waals surface area contributed by atoms with Crippen molar-refractivity contribution in [1.29, 1.82) is 0 Å². The molecule has 0 saturated carbocycles. The molecule has 0 bridgehead atoms. The number of amides is 2. The highest BCUT2D eigenvalue weighted by atomic mass is 19.1. The number of carbonyl (C=O) groups excluding carboxylic acids is 2. The zero-order valence-corrected chi connectivity index (χ0v) is 18.5. The summed E-state index contributed by atoms with van der Waals surface area (Å²) in [5, 5.41) is 11.5. The topological polar surface area (TPSA) is 82.1 Å². The first-order valence-electron chi connectivity index (χ1n) is 10.8. The number of ether oxygens (including phenoxy) is 1. The van der Waals surface area contributed by atoms with Gasteiger partial charge in [0.25, 0.3) is 11.8 Å². The van der Waals surface area contributed by atoms with Crippen LogP contribution >= 0.6 is 0 Å². The molecule has 7 nitrogen and oxygen atoms in total. The van der Waals surface area contributed by atoms with Crippen molar-refractivity contribution in [2.75, 3.05) is 32.8 Å². The number of piperazine rings is 1. The van der Waals surface area contributed by atoms with Gasteiger partial charge in [0, 0.05) is 38.3 Å². The van der Waals surface area contributed by atoms with Crippen molar-refractivity contribution >= 4 is 11.8 Å². The molecule has 2 amide bonds. The third-order valence-corrected chi connectivity index (χ3v) is 5.61. The normalized spacial score (nSPS) is 18.9. The molecule has 0 aromatic heterocycles. The highest BCUT2D eigenvalue weighted by molar-refractivity contribution is 5.97. The average Bonchev–Trinajstić information content (AvgIpc) is 2.79. The number of rotatable bonds is 8. The molecule has 8 heteroatoms. The van der Waals surface area contributed by atoms with E-state index in [9.17, 15) is 14.0 Å². The molecule has 2 aromatic carbocycles. The van der Waals surface area contributed by atoms with E-state index in [0.717, 1.165) is 5.56 Å². The van der Waals surface area contributed by atoms with E-state index in [2.05, 4.69) is 17.1 Å². The molecule has 1 fully saturated rings. The first-order valence-corrected chi connectivity index (χ1v) is 10.8. The van der Waals surface area contributed by atoms with Gasteiger partial charge < -0.3 is 20.1 Å². The van der Waals surface area contributed by atoms with Crippen molar-refractivity contribution in [1.82, 2.24) is 15.1 Å². The monoisotopic (exact) mass is 443 g/mol. The lowest BCUT2D eigenvalue weighted by Gasteiger charge is -2.44. The van der Waals surface area contributed by atoms with E-state index in [1.807, 2.05) is 6.92 Å². The van der Waals surface area contributed by atoms with Crippen LogP contribution in [-0.4, -0.2) is 71.7 Å². The Morgan fingerprint density at radius 2 is 1.81 bits per heavy atom. The molecule has 0 aliphatic carbocycles. The highest BCUT2D eigenvalue weighted by Gasteiger charge is 2.32. The van der Waals surface area contributed by atoms with Crippen molar-refractivity contribution in [3.63, 3.8) is 0 Å². The predicted molar refractivity (Wildman–Crippen MR) is 119 cm³/mol. The molecule has 2 aromatic rings. The lowest BCUT2D eigenvalue weighted by atomic mass is 10.1. The summed E-state index contributed by atoms with van der Waals surface area (Å²) in [5.41, 5.74) is 1.35. The SMILES string of the molecule is C[C@@H]1CN(Cc2ccc(F)cc2)[C@@H](C)CN1C(=O)COc1ccccc1C(=O)NCCO. The zero-order valence-electron chi connectivity index (χ0n) is 18.5. The molecule has 2 atom stereocenters. The van der Waals surface area contributed by atoms with E-state index >= 15 is 0 Å². The molecular weight excluding hydrogens is 413 g/mol. The van der Waals surface area contributed by atoms with Gasteiger partial charge >= 0.3 is 0 Å². The number of hydrogen-bond acceptors (Lipinski definition) is 5. The molecule has 3 rings (SSSR count). The molecule has 1 heterocycles. The van der Waals surface area contributed by atoms with Gasteiger partial charge in [0.1, 0.15) is 11.6 Å². The van der Waals surface area contributed by atoms with E-state index in [1.165, 1.54) is 12.1 Å². The number of para-hydroxylation sites is 1. The fourth-order valence-corrected chi connectivity index (χ4v) is 3.86. The number of nitrogens with zero attached hydrogens (tertiary/aromatic N) is 2. The van der Waals surface area contributed by atoms with Crippen molar-refractivity contribution in [3.8, 4) is 5.75 Å². The average molecular weight is 444 g/mol. The lowest BCUT2D eigenvalue weighted by molar-refractivity contribution is -0.139. The smallest absolute Gasteiger partial charge is 0.260 e. The minimum absolute atomic E-state index is 0.00848. The number of carbonyl (C=O) groups is 2. The summed E-state index contributed by atoms with van der Waals surface area (Å²) in [7, 11) is 0. The summed E-state index contributed by atoms with van der Waals surface area (Å²) in [5.74, 6) is -0.431. The highest BCUT2D eigenvalue weighted by Crippen LogP contribution is 2.21. The van der Waals surface area contributed by atoms with Gasteiger partial charge in [-0.25, -0.2) is 4.39 Å². The third kappa shape index (κ3) is 6.05. The fraction of sp³-hybridized carbons (Fsp3) is 0.417. The minimum atomic E-state index is -0.363. The van der Waals surface area contributed by atoms with Crippen LogP contribution in [0.3, 0.4) is 0 Å². The Morgan fingerprint density at radius 3 is 2.53 bits per heavy atom. The summed E-state index contributed by atoms with van der Waals surface area (Å²) in [4.78, 5) is 29.2. The second-order valence-electron chi connectivity index (χ2n) is 8.06. The van der Waals surface area contributed by atoms with Crippen LogP contribution in [0.25, 0.3) is 0 Å². The van der Waals surface area contributed by atoms with Crippen LogP contribution in [0.4, 0.5) is 4.39 Å². The standard InChI is InChI=1S/C24H30FN3O4/c1-17-14-28(18(2)13-27(17)15-19-7-9-20(25)10-8-19)23(30)16-32-22-6-4-3-5-21(22)24(31)26-11-12-29/h3-10,17-18,29H,11-16H2,1-2H3,(H,26,31)/t17-,18+/m0/s1. The van der Waals surface area contributed by atoms with Crippen molar-refractivity contribution < 1.29 is 23.8 Å². The van der Waals surface area contributed by atoms with Gasteiger partial charge in [0.15, 0.2) is 6.61 Å². The zero-order chi connectivity index (χ0) is 23.1. The van der Waals surface area contributed by atoms with E-state index in [4.69, 9.17) is 9.84 Å². The van der Waals surface area contributed by atoms with E-state index < -0.39 is 0 Å². The summed E-state index contributed by atoms with van der Waals surface area (Å²) >= 11 is 0. The maximum atomic E-state index is 13.2. The lowest BCUT2D eigenvalue weighted by Crippen LogP contribution is -2.58. The molecule has 1 saturated heterocycles. The largest absolute Gasteiger partial charge is 0.483 e. The van der Waals surface area contributed by atoms with Crippen LogP contribution in [-0.2, 0) is 11.3 Å². The van der Waals surface area contributed by atoms with Crippen LogP contribution in [0.5, 0.6) is 5.75 Å². The van der Waals surface area contributed by atoms with Crippen molar-refractivity contribution in [2.24, 2.45) is 0 Å². The van der Waals surface area contributed by atoms with Gasteiger partial charge in [0.05, 0.1) is 12.2 Å². The predicted octanol–water partition coefficient (Wildman–Crippen LogP) is 2.05. The molecule has 1 aliphatic rings. The first-order chi connectivity index (χ1) is 15.4. The molecule has 2 N–H and O–H groups in total. The third-order valence-electron chi connectivity index (χ3n) is 5.61. The Morgan fingerprint density at radius 1 is 1.09 bits per heavy atom.